The summed E-state index contributed by atoms with van der Waals surface area (Å²) in [6.45, 7) is 4.87. The Bertz CT molecular complexity index is 859. The van der Waals surface area contributed by atoms with Crippen LogP contribution in [-0.4, -0.2) is 31.7 Å². The zero-order valence-electron chi connectivity index (χ0n) is 16.1. The zero-order chi connectivity index (χ0) is 20.5. The largest absolute Gasteiger partial charge is 0.493 e. The Labute approximate surface area is 175 Å². The summed E-state index contributed by atoms with van der Waals surface area (Å²) in [4.78, 5) is 0. The van der Waals surface area contributed by atoms with Gasteiger partial charge in [-0.1, -0.05) is 24.6 Å². The fourth-order valence-corrected chi connectivity index (χ4v) is 2.87. The number of nitrogens with one attached hydrogen (secondary N) is 1. The van der Waals surface area contributed by atoms with E-state index in [1.165, 1.54) is 17.3 Å². The van der Waals surface area contributed by atoms with Gasteiger partial charge in [0.25, 0.3) is 0 Å². The average molecular weight is 422 g/mol. The number of benzene rings is 2. The van der Waals surface area contributed by atoms with Gasteiger partial charge in [0.1, 0.15) is 19.0 Å². The second kappa shape index (κ2) is 10.7. The summed E-state index contributed by atoms with van der Waals surface area (Å²) in [5, 5.41) is 4.38. The fraction of sp³-hybridized carbons (Fsp3) is 0.300. The molecule has 0 unspecified atom stereocenters. The molecule has 0 radical (unpaired) electrons. The lowest BCUT2D eigenvalue weighted by atomic mass is 10.1. The number of rotatable bonds is 9. The van der Waals surface area contributed by atoms with Gasteiger partial charge in [-0.2, -0.15) is 5.10 Å². The Hall–Kier alpha value is -2.51. The molecule has 0 bridgehead atoms. The average Bonchev–Trinajstić information content (AvgIpc) is 2.65. The molecule has 0 aromatic heterocycles. The van der Waals surface area contributed by atoms with E-state index in [1.54, 1.807) is 19.2 Å². The molecule has 0 aliphatic heterocycles. The number of nitrogens with two attached hydrogens (primary N) is 1. The summed E-state index contributed by atoms with van der Waals surface area (Å²) in [5.74, 6) is 1.77. The van der Waals surface area contributed by atoms with Crippen LogP contribution in [0.2, 0.25) is 5.02 Å². The van der Waals surface area contributed by atoms with Gasteiger partial charge >= 0.3 is 0 Å². The van der Waals surface area contributed by atoms with Crippen LogP contribution < -0.4 is 25.4 Å². The highest BCUT2D eigenvalue weighted by Crippen LogP contribution is 2.36. The van der Waals surface area contributed by atoms with Crippen molar-refractivity contribution in [2.45, 2.75) is 20.3 Å². The van der Waals surface area contributed by atoms with E-state index < -0.39 is 0 Å². The number of methoxy groups -OCH3 is 1. The maximum Gasteiger partial charge on any atom is 0.184 e. The van der Waals surface area contributed by atoms with Gasteiger partial charge in [-0.05, 0) is 66.5 Å². The molecule has 0 atom stereocenters. The van der Waals surface area contributed by atoms with E-state index in [9.17, 15) is 0 Å². The van der Waals surface area contributed by atoms with Crippen LogP contribution in [0.15, 0.2) is 35.4 Å². The van der Waals surface area contributed by atoms with E-state index in [1.807, 2.05) is 12.1 Å². The second-order valence-electron chi connectivity index (χ2n) is 5.97. The zero-order valence-corrected chi connectivity index (χ0v) is 17.7. The topological polar surface area (TPSA) is 78.1 Å². The van der Waals surface area contributed by atoms with Crippen LogP contribution in [0.1, 0.15) is 23.6 Å². The van der Waals surface area contributed by atoms with Gasteiger partial charge in [-0.15, -0.1) is 0 Å². The van der Waals surface area contributed by atoms with E-state index in [4.69, 9.17) is 43.8 Å². The second-order valence-corrected chi connectivity index (χ2v) is 6.82. The maximum absolute atomic E-state index is 6.33. The number of halogens is 1. The number of hydrazone groups is 1. The lowest BCUT2D eigenvalue weighted by molar-refractivity contribution is 0.211. The van der Waals surface area contributed by atoms with E-state index in [0.717, 1.165) is 12.2 Å². The summed E-state index contributed by atoms with van der Waals surface area (Å²) in [6.07, 6.45) is 2.49. The maximum atomic E-state index is 6.33. The van der Waals surface area contributed by atoms with E-state index in [2.05, 4.69) is 30.4 Å². The molecule has 0 saturated carbocycles. The van der Waals surface area contributed by atoms with Crippen molar-refractivity contribution in [1.29, 1.82) is 0 Å². The molecule has 3 N–H and O–H groups in total. The van der Waals surface area contributed by atoms with Crippen LogP contribution in [0.5, 0.6) is 17.2 Å². The van der Waals surface area contributed by atoms with E-state index in [0.29, 0.717) is 35.3 Å². The van der Waals surface area contributed by atoms with Gasteiger partial charge < -0.3 is 19.9 Å². The van der Waals surface area contributed by atoms with Crippen LogP contribution in [0.3, 0.4) is 0 Å². The van der Waals surface area contributed by atoms with Crippen LogP contribution in [0.25, 0.3) is 0 Å². The van der Waals surface area contributed by atoms with Crippen molar-refractivity contribution in [3.05, 3.63) is 52.0 Å². The number of aryl methyl sites for hydroxylation is 2. The quantitative estimate of drug-likeness (QED) is 0.277. The molecule has 28 heavy (non-hydrogen) atoms. The minimum atomic E-state index is 0.0777. The molecule has 2 aromatic carbocycles. The van der Waals surface area contributed by atoms with Gasteiger partial charge in [0, 0.05) is 0 Å². The lowest BCUT2D eigenvalue weighted by Crippen LogP contribution is -2.23. The first-order chi connectivity index (χ1) is 13.4. The molecule has 2 rings (SSSR count). The number of hydrogen-bond donors (Lipinski definition) is 2. The molecule has 0 heterocycles. The third-order valence-corrected chi connectivity index (χ3v) is 4.13. The van der Waals surface area contributed by atoms with Crippen LogP contribution in [-0.2, 0) is 6.42 Å². The summed E-state index contributed by atoms with van der Waals surface area (Å²) in [7, 11) is 1.54. The van der Waals surface area contributed by atoms with Crippen molar-refractivity contribution >= 4 is 35.1 Å². The monoisotopic (exact) mass is 421 g/mol. The third-order valence-electron chi connectivity index (χ3n) is 3.76. The van der Waals surface area contributed by atoms with Crippen molar-refractivity contribution in [3.8, 4) is 17.2 Å². The van der Waals surface area contributed by atoms with Crippen molar-refractivity contribution in [2.75, 3.05) is 20.3 Å². The number of hydrogen-bond acceptors (Lipinski definition) is 5. The molecule has 0 saturated heterocycles. The first-order valence-corrected chi connectivity index (χ1v) is 9.53. The molecule has 8 heteroatoms. The number of thiocarbonyl (C=S) groups is 1. The Morgan fingerprint density at radius 3 is 2.64 bits per heavy atom. The normalized spacial score (nSPS) is 10.7. The van der Waals surface area contributed by atoms with Gasteiger partial charge in [0.15, 0.2) is 16.6 Å². The fourth-order valence-electron chi connectivity index (χ4n) is 2.54. The summed E-state index contributed by atoms with van der Waals surface area (Å²) in [6, 6.07) is 9.65. The summed E-state index contributed by atoms with van der Waals surface area (Å²) < 4.78 is 17.0. The predicted molar refractivity (Wildman–Crippen MR) is 117 cm³/mol. The molecule has 0 spiro atoms. The van der Waals surface area contributed by atoms with Crippen LogP contribution in [0.4, 0.5) is 0 Å². The smallest absolute Gasteiger partial charge is 0.184 e. The highest BCUT2D eigenvalue weighted by molar-refractivity contribution is 7.80. The minimum absolute atomic E-state index is 0.0777. The SMILES string of the molecule is CCc1cc(C)cc(OCCOc2c(Cl)cc(/C=N\NC(N)=S)cc2OC)c1. The molecule has 6 nitrogen and oxygen atoms in total. The highest BCUT2D eigenvalue weighted by atomic mass is 35.5. The minimum Gasteiger partial charge on any atom is -0.493 e. The molecule has 2 aromatic rings. The van der Waals surface area contributed by atoms with Crippen molar-refractivity contribution < 1.29 is 14.2 Å². The van der Waals surface area contributed by atoms with Gasteiger partial charge in [-0.25, -0.2) is 0 Å². The highest BCUT2D eigenvalue weighted by Gasteiger charge is 2.12. The summed E-state index contributed by atoms with van der Waals surface area (Å²) >= 11 is 11.0. The van der Waals surface area contributed by atoms with E-state index in [-0.39, 0.29) is 5.11 Å². The predicted octanol–water partition coefficient (Wildman–Crippen LogP) is 3.84. The Morgan fingerprint density at radius 1 is 1.21 bits per heavy atom. The number of ether oxygens (including phenoxy) is 3. The molecule has 0 amide bonds. The van der Waals surface area contributed by atoms with Crippen molar-refractivity contribution in [2.24, 2.45) is 10.8 Å². The molecule has 0 aliphatic carbocycles. The lowest BCUT2D eigenvalue weighted by Gasteiger charge is -2.14. The Kier molecular flexibility index (Phi) is 8.35. The third kappa shape index (κ3) is 6.58. The first-order valence-electron chi connectivity index (χ1n) is 8.75. The van der Waals surface area contributed by atoms with Crippen LogP contribution in [0, 0.1) is 6.92 Å². The Morgan fingerprint density at radius 2 is 1.96 bits per heavy atom. The van der Waals surface area contributed by atoms with Crippen molar-refractivity contribution in [3.63, 3.8) is 0 Å². The van der Waals surface area contributed by atoms with Gasteiger partial charge in [-0.3, -0.25) is 5.43 Å². The van der Waals surface area contributed by atoms with Crippen LogP contribution >= 0.6 is 23.8 Å². The molecule has 150 valence electrons. The number of nitrogens with zero attached hydrogens (tertiary/aromatic N) is 1. The van der Waals surface area contributed by atoms with E-state index >= 15 is 0 Å². The summed E-state index contributed by atoms with van der Waals surface area (Å²) in [5.41, 5.74) is 10.9. The first kappa shape index (κ1) is 21.8. The molecular weight excluding hydrogens is 398 g/mol. The Balaban J connectivity index is 1.99. The van der Waals surface area contributed by atoms with Crippen molar-refractivity contribution in [1.82, 2.24) is 5.43 Å². The standard InChI is InChI=1S/C20H24ClN3O3S/c1-4-14-7-13(2)8-16(9-14)26-5-6-27-19-17(21)10-15(11-18(19)25-3)12-23-24-20(22)28/h7-12H,4-6H2,1-3H3,(H3,22,24,28)/b23-12-. The molecule has 0 fully saturated rings. The van der Waals surface area contributed by atoms with Gasteiger partial charge in [0.05, 0.1) is 18.3 Å². The molecule has 0 aliphatic rings. The van der Waals surface area contributed by atoms with Gasteiger partial charge in [0.2, 0.25) is 0 Å². The molecular formula is C20H24ClN3O3S.